The summed E-state index contributed by atoms with van der Waals surface area (Å²) in [7, 11) is -3.92. The van der Waals surface area contributed by atoms with Crippen LogP contribution in [0, 0.1) is 0 Å². The van der Waals surface area contributed by atoms with Crippen molar-refractivity contribution in [3.63, 3.8) is 0 Å². The van der Waals surface area contributed by atoms with E-state index in [0.717, 1.165) is 25.7 Å². The van der Waals surface area contributed by atoms with Crippen molar-refractivity contribution in [2.45, 2.75) is 38.1 Å². The van der Waals surface area contributed by atoms with Gasteiger partial charge in [-0.05, 0) is 61.4 Å². The molecule has 5 N–H and O–H groups in total. The van der Waals surface area contributed by atoms with Gasteiger partial charge in [-0.25, -0.2) is 23.0 Å². The molecule has 1 amide bonds. The van der Waals surface area contributed by atoms with Crippen LogP contribution in [0.1, 0.15) is 52.8 Å². The summed E-state index contributed by atoms with van der Waals surface area (Å²) >= 11 is 0. The average Bonchev–Trinajstić information content (AvgIpc) is 2.82. The van der Waals surface area contributed by atoms with Gasteiger partial charge in [0.1, 0.15) is 5.75 Å². The Balaban J connectivity index is 0.000000877. The van der Waals surface area contributed by atoms with Crippen molar-refractivity contribution >= 4 is 39.6 Å². The number of esters is 2. The number of hydrogen-bond donors (Lipinski definition) is 3. The molecule has 0 aliphatic heterocycles. The minimum Gasteiger partial charge on any atom is -0.748 e. The molecule has 12 nitrogen and oxygen atoms in total. The van der Waals surface area contributed by atoms with E-state index in [9.17, 15) is 14.4 Å². The average molecular weight is 534 g/mol. The van der Waals surface area contributed by atoms with Gasteiger partial charge in [-0.15, -0.1) is 0 Å². The first kappa shape index (κ1) is 29.3. The second-order valence-corrected chi connectivity index (χ2v) is 9.59. The lowest BCUT2D eigenvalue weighted by Crippen LogP contribution is -2.38. The lowest BCUT2D eigenvalue weighted by Gasteiger charge is -2.22. The highest BCUT2D eigenvalue weighted by molar-refractivity contribution is 7.84. The first-order valence-electron chi connectivity index (χ1n) is 11.3. The maximum Gasteiger partial charge on any atom is 0.343 e. The van der Waals surface area contributed by atoms with Crippen LogP contribution in [-0.4, -0.2) is 55.7 Å². The van der Waals surface area contributed by atoms with Crippen LogP contribution in [0.25, 0.3) is 0 Å². The van der Waals surface area contributed by atoms with Crippen LogP contribution in [0.5, 0.6) is 5.75 Å². The number of hydrogen-bond acceptors (Lipinski definition) is 9. The molecule has 3 rings (SSSR count). The fraction of sp³-hybridized carbons (Fsp3) is 0.333. The number of benzene rings is 2. The number of guanidine groups is 1. The number of aliphatic imine (C=N–C) groups is 1. The number of carbonyl (C=O) groups excluding carboxylic acids is 3. The van der Waals surface area contributed by atoms with Crippen molar-refractivity contribution in [1.82, 2.24) is 5.32 Å². The van der Waals surface area contributed by atoms with Crippen LogP contribution in [0.4, 0.5) is 5.69 Å². The van der Waals surface area contributed by atoms with Crippen molar-refractivity contribution in [2.24, 2.45) is 16.5 Å². The lowest BCUT2D eigenvalue weighted by atomic mass is 9.95. The molecular formula is C24H29N4O8S-. The molecule has 0 atom stereocenters. The Morgan fingerprint density at radius 2 is 1.46 bits per heavy atom. The van der Waals surface area contributed by atoms with Crippen LogP contribution in [0.15, 0.2) is 53.5 Å². The molecule has 2 aromatic rings. The summed E-state index contributed by atoms with van der Waals surface area (Å²) in [6, 6.07) is 12.3. The molecule has 13 heteroatoms. The smallest absolute Gasteiger partial charge is 0.343 e. The van der Waals surface area contributed by atoms with Gasteiger partial charge in [0.15, 0.2) is 12.6 Å². The highest BCUT2D eigenvalue weighted by Gasteiger charge is 2.17. The van der Waals surface area contributed by atoms with Gasteiger partial charge < -0.3 is 30.8 Å². The third-order valence-corrected chi connectivity index (χ3v) is 4.97. The Morgan fingerprint density at radius 1 is 0.946 bits per heavy atom. The van der Waals surface area contributed by atoms with Crippen molar-refractivity contribution in [2.75, 3.05) is 12.9 Å². The van der Waals surface area contributed by atoms with Crippen LogP contribution >= 0.6 is 0 Å². The van der Waals surface area contributed by atoms with Gasteiger partial charge in [-0.1, -0.05) is 19.3 Å². The second-order valence-electron chi connectivity index (χ2n) is 8.18. The molecule has 0 aromatic heterocycles. The Hall–Kier alpha value is -3.97. The topological polar surface area (TPSA) is 203 Å². The quantitative estimate of drug-likeness (QED) is 0.154. The molecule has 200 valence electrons. The first-order chi connectivity index (χ1) is 17.4. The summed E-state index contributed by atoms with van der Waals surface area (Å²) < 4.78 is 37.6. The Bertz CT molecular complexity index is 1190. The van der Waals surface area contributed by atoms with Gasteiger partial charge in [0.25, 0.3) is 5.91 Å². The summed E-state index contributed by atoms with van der Waals surface area (Å²) in [4.78, 5) is 40.3. The van der Waals surface area contributed by atoms with Crippen LogP contribution < -0.4 is 21.5 Å². The number of carbonyl (C=O) groups is 3. The van der Waals surface area contributed by atoms with E-state index >= 15 is 0 Å². The fourth-order valence-corrected chi connectivity index (χ4v) is 3.38. The van der Waals surface area contributed by atoms with E-state index in [4.69, 9.17) is 33.9 Å². The lowest BCUT2D eigenvalue weighted by molar-refractivity contribution is -0.125. The molecule has 1 aliphatic carbocycles. The van der Waals surface area contributed by atoms with E-state index in [1.165, 1.54) is 42.8 Å². The molecule has 0 heterocycles. The normalized spacial score (nSPS) is 13.4. The summed E-state index contributed by atoms with van der Waals surface area (Å²) in [5.41, 5.74) is 11.7. The maximum absolute atomic E-state index is 12.3. The molecule has 1 fully saturated rings. The summed E-state index contributed by atoms with van der Waals surface area (Å²) in [5.74, 6) is -1.33. The van der Waals surface area contributed by atoms with E-state index in [1.54, 1.807) is 12.1 Å². The van der Waals surface area contributed by atoms with Crippen LogP contribution in [0.3, 0.4) is 0 Å². The second kappa shape index (κ2) is 13.9. The van der Waals surface area contributed by atoms with Crippen molar-refractivity contribution in [3.05, 3.63) is 59.7 Å². The van der Waals surface area contributed by atoms with Crippen molar-refractivity contribution in [3.8, 4) is 5.75 Å². The largest absolute Gasteiger partial charge is 0.748 e. The minimum atomic E-state index is -3.92. The van der Waals surface area contributed by atoms with E-state index in [-0.39, 0.29) is 35.8 Å². The summed E-state index contributed by atoms with van der Waals surface area (Å²) in [5, 5.41) is 2.89. The number of ether oxygens (including phenoxy) is 2. The third-order valence-electron chi connectivity index (χ3n) is 4.97. The number of rotatable bonds is 7. The van der Waals surface area contributed by atoms with E-state index in [1.807, 2.05) is 0 Å². The highest BCUT2D eigenvalue weighted by Crippen LogP contribution is 2.18. The zero-order valence-corrected chi connectivity index (χ0v) is 21.0. The molecule has 0 bridgehead atoms. The Kier molecular flexibility index (Phi) is 11.0. The molecule has 0 unspecified atom stereocenters. The number of nitrogens with zero attached hydrogens (tertiary/aromatic N) is 1. The van der Waals surface area contributed by atoms with Gasteiger partial charge in [-0.2, -0.15) is 0 Å². The first-order valence-corrected chi connectivity index (χ1v) is 13.1. The van der Waals surface area contributed by atoms with Gasteiger partial charge in [-0.3, -0.25) is 4.79 Å². The minimum absolute atomic E-state index is 0.0798. The molecule has 1 saturated carbocycles. The molecular weight excluding hydrogens is 504 g/mol. The maximum atomic E-state index is 12.3. The van der Waals surface area contributed by atoms with E-state index in [0.29, 0.717) is 17.5 Å². The van der Waals surface area contributed by atoms with Gasteiger partial charge >= 0.3 is 11.9 Å². The monoisotopic (exact) mass is 533 g/mol. The zero-order valence-electron chi connectivity index (χ0n) is 20.2. The third kappa shape index (κ3) is 12.0. The highest BCUT2D eigenvalue weighted by atomic mass is 32.2. The number of amides is 1. The number of nitrogens with two attached hydrogens (primary N) is 2. The van der Waals surface area contributed by atoms with Gasteiger partial charge in [0, 0.05) is 12.3 Å². The predicted molar refractivity (Wildman–Crippen MR) is 134 cm³/mol. The predicted octanol–water partition coefficient (Wildman–Crippen LogP) is 1.58. The fourth-order valence-electron chi connectivity index (χ4n) is 3.38. The SMILES string of the molecule is CS(=O)(=O)[O-].NC(N)=Nc1ccc(C(=O)Oc2ccc(C(=O)OCC(=O)NC3CCCCC3)cc2)cc1. The van der Waals surface area contributed by atoms with Crippen molar-refractivity contribution < 1.29 is 36.8 Å². The molecule has 1 aliphatic rings. The molecule has 2 aromatic carbocycles. The van der Waals surface area contributed by atoms with Crippen molar-refractivity contribution in [1.29, 1.82) is 0 Å². The standard InChI is InChI=1S/C23H26N4O5.CH4O3S/c24-23(25)27-18-10-6-16(7-11-18)22(30)32-19-12-8-15(9-13-19)21(29)31-14-20(28)26-17-4-2-1-3-5-17;1-5(2,3)4/h6-13,17H,1-5,14H2,(H,26,28)(H4,24,25,27);1H3,(H,2,3,4)/p-1. The number of nitrogens with one attached hydrogen (secondary N) is 1. The van der Waals surface area contributed by atoms with Gasteiger partial charge in [0.2, 0.25) is 0 Å². The zero-order chi connectivity index (χ0) is 27.4. The Morgan fingerprint density at radius 3 is 2.00 bits per heavy atom. The van der Waals surface area contributed by atoms with E-state index in [2.05, 4.69) is 10.3 Å². The Labute approximate surface area is 214 Å². The summed E-state index contributed by atoms with van der Waals surface area (Å²) in [6.07, 6.45) is 5.92. The molecule has 37 heavy (non-hydrogen) atoms. The molecule has 0 saturated heterocycles. The molecule has 0 spiro atoms. The van der Waals surface area contributed by atoms with E-state index < -0.39 is 22.1 Å². The van der Waals surface area contributed by atoms with Gasteiger partial charge in [0.05, 0.1) is 26.9 Å². The van der Waals surface area contributed by atoms with Crippen LogP contribution in [-0.2, 0) is 19.6 Å². The molecule has 0 radical (unpaired) electrons. The summed E-state index contributed by atoms with van der Waals surface area (Å²) in [6.45, 7) is -0.331. The van der Waals surface area contributed by atoms with Crippen LogP contribution in [0.2, 0.25) is 0 Å².